The maximum absolute atomic E-state index is 3.59. The molecule has 0 bridgehead atoms. The van der Waals surface area contributed by atoms with Crippen molar-refractivity contribution in [1.29, 1.82) is 0 Å². The third-order valence-electron chi connectivity index (χ3n) is 3.77. The molecule has 16 heavy (non-hydrogen) atoms. The van der Waals surface area contributed by atoms with Gasteiger partial charge in [-0.3, -0.25) is 0 Å². The molecule has 2 rings (SSSR count). The van der Waals surface area contributed by atoms with Gasteiger partial charge in [-0.1, -0.05) is 25.1 Å². The lowest BCUT2D eigenvalue weighted by Crippen LogP contribution is -2.19. The molecule has 1 nitrogen and oxygen atoms in total. The van der Waals surface area contributed by atoms with Crippen LogP contribution in [0.1, 0.15) is 48.8 Å². The lowest BCUT2D eigenvalue weighted by molar-refractivity contribution is 0.590. The molecule has 0 aromatic heterocycles. The monoisotopic (exact) mass is 217 g/mol. The summed E-state index contributed by atoms with van der Waals surface area (Å²) in [4.78, 5) is 0. The Hall–Kier alpha value is -0.820. The summed E-state index contributed by atoms with van der Waals surface area (Å²) in [5, 5.41) is 3.59. The van der Waals surface area contributed by atoms with Crippen molar-refractivity contribution in [2.24, 2.45) is 0 Å². The molecule has 1 aliphatic rings. The molecule has 0 spiro atoms. The van der Waals surface area contributed by atoms with E-state index in [0.29, 0.717) is 5.92 Å². The van der Waals surface area contributed by atoms with Crippen LogP contribution in [0.5, 0.6) is 0 Å². The van der Waals surface area contributed by atoms with Crippen LogP contribution < -0.4 is 5.32 Å². The second-order valence-electron chi connectivity index (χ2n) is 5.21. The molecule has 1 N–H and O–H groups in total. The van der Waals surface area contributed by atoms with E-state index in [1.807, 2.05) is 0 Å². The number of rotatable bonds is 5. The van der Waals surface area contributed by atoms with E-state index in [4.69, 9.17) is 0 Å². The van der Waals surface area contributed by atoms with Crippen LogP contribution in [0.25, 0.3) is 0 Å². The van der Waals surface area contributed by atoms with E-state index in [9.17, 15) is 0 Å². The summed E-state index contributed by atoms with van der Waals surface area (Å²) < 4.78 is 0. The summed E-state index contributed by atoms with van der Waals surface area (Å²) in [6.45, 7) is 7.96. The molecule has 0 radical (unpaired) electrons. The van der Waals surface area contributed by atoms with Crippen LogP contribution in [-0.4, -0.2) is 12.6 Å². The maximum Gasteiger partial charge on any atom is 0.00682 e. The highest BCUT2D eigenvalue weighted by molar-refractivity contribution is 5.35. The molecular formula is C15H23N. The standard InChI is InChI=1S/C15H23N/c1-11-5-4-6-15(13(11)3)12(2)9-10-16-14-7-8-14/h4-6,12,14,16H,7-10H2,1-3H3. The number of benzene rings is 1. The molecule has 1 heteroatoms. The fourth-order valence-electron chi connectivity index (χ4n) is 2.25. The molecule has 0 amide bonds. The van der Waals surface area contributed by atoms with Crippen LogP contribution in [0.4, 0.5) is 0 Å². The Morgan fingerprint density at radius 2 is 2.06 bits per heavy atom. The average Bonchev–Trinajstić information content (AvgIpc) is 3.06. The second-order valence-corrected chi connectivity index (χ2v) is 5.21. The Morgan fingerprint density at radius 1 is 1.31 bits per heavy atom. The van der Waals surface area contributed by atoms with E-state index in [1.54, 1.807) is 0 Å². The van der Waals surface area contributed by atoms with Gasteiger partial charge in [0, 0.05) is 6.04 Å². The van der Waals surface area contributed by atoms with Crippen molar-refractivity contribution in [3.05, 3.63) is 34.9 Å². The van der Waals surface area contributed by atoms with Crippen molar-refractivity contribution in [2.45, 2.75) is 52.0 Å². The van der Waals surface area contributed by atoms with Gasteiger partial charge in [-0.25, -0.2) is 0 Å². The molecule has 1 atom stereocenters. The predicted octanol–water partition coefficient (Wildman–Crippen LogP) is 3.55. The Bertz CT molecular complexity index is 352. The molecule has 1 saturated carbocycles. The van der Waals surface area contributed by atoms with Gasteiger partial charge in [0.2, 0.25) is 0 Å². The lowest BCUT2D eigenvalue weighted by Gasteiger charge is -2.16. The summed E-state index contributed by atoms with van der Waals surface area (Å²) in [6, 6.07) is 7.51. The third-order valence-corrected chi connectivity index (χ3v) is 3.77. The zero-order valence-electron chi connectivity index (χ0n) is 10.7. The molecule has 1 fully saturated rings. The molecule has 1 aromatic carbocycles. The van der Waals surface area contributed by atoms with Crippen molar-refractivity contribution < 1.29 is 0 Å². The molecule has 1 aliphatic carbocycles. The van der Waals surface area contributed by atoms with Crippen molar-refractivity contribution >= 4 is 0 Å². The van der Waals surface area contributed by atoms with Gasteiger partial charge in [-0.2, -0.15) is 0 Å². The molecule has 88 valence electrons. The van der Waals surface area contributed by atoms with Crippen molar-refractivity contribution in [3.8, 4) is 0 Å². The highest BCUT2D eigenvalue weighted by Gasteiger charge is 2.20. The third kappa shape index (κ3) is 2.85. The quantitative estimate of drug-likeness (QED) is 0.795. The smallest absolute Gasteiger partial charge is 0.00682 e. The van der Waals surface area contributed by atoms with E-state index in [-0.39, 0.29) is 0 Å². The van der Waals surface area contributed by atoms with Gasteiger partial charge in [0.15, 0.2) is 0 Å². The summed E-state index contributed by atoms with van der Waals surface area (Å²) in [7, 11) is 0. The highest BCUT2D eigenvalue weighted by Crippen LogP contribution is 2.25. The Balaban J connectivity index is 1.91. The van der Waals surface area contributed by atoms with Gasteiger partial charge in [0.1, 0.15) is 0 Å². The number of nitrogens with one attached hydrogen (secondary N) is 1. The van der Waals surface area contributed by atoms with Gasteiger partial charge in [-0.05, 0) is 62.3 Å². The van der Waals surface area contributed by atoms with Crippen LogP contribution in [0.15, 0.2) is 18.2 Å². The molecule has 0 aliphatic heterocycles. The minimum atomic E-state index is 0.672. The predicted molar refractivity (Wildman–Crippen MR) is 70.0 cm³/mol. The normalized spacial score (nSPS) is 17.4. The molecule has 1 aromatic rings. The molecule has 1 unspecified atom stereocenters. The van der Waals surface area contributed by atoms with Crippen LogP contribution >= 0.6 is 0 Å². The van der Waals surface area contributed by atoms with E-state index in [0.717, 1.165) is 6.04 Å². The minimum Gasteiger partial charge on any atom is -0.314 e. The topological polar surface area (TPSA) is 12.0 Å². The lowest BCUT2D eigenvalue weighted by atomic mass is 9.91. The Morgan fingerprint density at radius 3 is 2.75 bits per heavy atom. The first-order chi connectivity index (χ1) is 7.68. The van der Waals surface area contributed by atoms with Crippen molar-refractivity contribution in [3.63, 3.8) is 0 Å². The van der Waals surface area contributed by atoms with E-state index in [1.165, 1.54) is 42.5 Å². The van der Waals surface area contributed by atoms with Crippen LogP contribution in [0.3, 0.4) is 0 Å². The fourth-order valence-corrected chi connectivity index (χ4v) is 2.25. The van der Waals surface area contributed by atoms with Crippen molar-refractivity contribution in [1.82, 2.24) is 5.32 Å². The van der Waals surface area contributed by atoms with E-state index in [2.05, 4.69) is 44.3 Å². The number of aryl methyl sites for hydroxylation is 1. The summed E-state index contributed by atoms with van der Waals surface area (Å²) in [6.07, 6.45) is 4.02. The molecule has 0 saturated heterocycles. The Kier molecular flexibility index (Phi) is 3.65. The maximum atomic E-state index is 3.59. The van der Waals surface area contributed by atoms with E-state index < -0.39 is 0 Å². The van der Waals surface area contributed by atoms with Crippen LogP contribution in [0, 0.1) is 13.8 Å². The van der Waals surface area contributed by atoms with E-state index >= 15 is 0 Å². The first-order valence-electron chi connectivity index (χ1n) is 6.48. The summed E-state index contributed by atoms with van der Waals surface area (Å²) in [5.41, 5.74) is 4.42. The van der Waals surface area contributed by atoms with Gasteiger partial charge in [-0.15, -0.1) is 0 Å². The number of hydrogen-bond acceptors (Lipinski definition) is 1. The van der Waals surface area contributed by atoms with Gasteiger partial charge < -0.3 is 5.32 Å². The zero-order valence-corrected chi connectivity index (χ0v) is 10.7. The van der Waals surface area contributed by atoms with Crippen LogP contribution in [0.2, 0.25) is 0 Å². The average molecular weight is 217 g/mol. The minimum absolute atomic E-state index is 0.672. The Labute approximate surface area is 99.3 Å². The van der Waals surface area contributed by atoms with Gasteiger partial charge in [0.05, 0.1) is 0 Å². The molecular weight excluding hydrogens is 194 g/mol. The van der Waals surface area contributed by atoms with Crippen molar-refractivity contribution in [2.75, 3.05) is 6.54 Å². The SMILES string of the molecule is Cc1cccc(C(C)CCNC2CC2)c1C. The van der Waals surface area contributed by atoms with Gasteiger partial charge >= 0.3 is 0 Å². The molecule has 0 heterocycles. The highest BCUT2D eigenvalue weighted by atomic mass is 14.9. The first-order valence-corrected chi connectivity index (χ1v) is 6.48. The second kappa shape index (κ2) is 5.01. The number of hydrogen-bond donors (Lipinski definition) is 1. The summed E-state index contributed by atoms with van der Waals surface area (Å²) >= 11 is 0. The van der Waals surface area contributed by atoms with Gasteiger partial charge in [0.25, 0.3) is 0 Å². The summed E-state index contributed by atoms with van der Waals surface area (Å²) in [5.74, 6) is 0.672. The first kappa shape index (κ1) is 11.7. The fraction of sp³-hybridized carbons (Fsp3) is 0.600. The van der Waals surface area contributed by atoms with Crippen LogP contribution in [-0.2, 0) is 0 Å². The zero-order chi connectivity index (χ0) is 11.5. The largest absolute Gasteiger partial charge is 0.314 e.